The zero-order valence-electron chi connectivity index (χ0n) is 15.4. The van der Waals surface area contributed by atoms with Crippen LogP contribution in [-0.2, 0) is 16.0 Å². The van der Waals surface area contributed by atoms with E-state index in [0.29, 0.717) is 36.8 Å². The number of methoxy groups -OCH3 is 3. The van der Waals surface area contributed by atoms with Crippen molar-refractivity contribution in [3.8, 4) is 17.2 Å². The summed E-state index contributed by atoms with van der Waals surface area (Å²) in [5, 5.41) is 9.67. The second-order valence-electron chi connectivity index (χ2n) is 7.04. The molecule has 3 rings (SSSR count). The molecule has 1 aliphatic carbocycles. The van der Waals surface area contributed by atoms with Gasteiger partial charge in [-0.25, -0.2) is 0 Å². The standard InChI is InChI=1S/C19H25NO6/c1-24-14-7-12(8-15(25-2)17(14)26-3)9-16(21)20-10-13-5-4-6-19(13,11-20)18(22)23/h7-8,13H,4-6,9-11H2,1-3H3,(H,22,23)/t13-,19+/m0/s1. The zero-order chi connectivity index (χ0) is 18.9. The van der Waals surface area contributed by atoms with E-state index in [4.69, 9.17) is 14.2 Å². The van der Waals surface area contributed by atoms with Crippen LogP contribution in [0, 0.1) is 11.3 Å². The summed E-state index contributed by atoms with van der Waals surface area (Å²) in [6.45, 7) is 0.825. The molecule has 0 radical (unpaired) electrons. The molecule has 7 nitrogen and oxygen atoms in total. The van der Waals surface area contributed by atoms with Gasteiger partial charge in [-0.05, 0) is 36.5 Å². The minimum atomic E-state index is -0.775. The van der Waals surface area contributed by atoms with Gasteiger partial charge in [0.25, 0.3) is 0 Å². The topological polar surface area (TPSA) is 85.3 Å². The summed E-state index contributed by atoms with van der Waals surface area (Å²) < 4.78 is 16.0. The Morgan fingerprint density at radius 2 is 1.85 bits per heavy atom. The molecule has 142 valence electrons. The quantitative estimate of drug-likeness (QED) is 0.832. The number of hydrogen-bond donors (Lipinski definition) is 1. The lowest BCUT2D eigenvalue weighted by Crippen LogP contribution is -2.37. The maximum absolute atomic E-state index is 12.8. The lowest BCUT2D eigenvalue weighted by molar-refractivity contribution is -0.149. The van der Waals surface area contributed by atoms with Crippen molar-refractivity contribution in [3.63, 3.8) is 0 Å². The summed E-state index contributed by atoms with van der Waals surface area (Å²) in [5.41, 5.74) is -0.0174. The second-order valence-corrected chi connectivity index (χ2v) is 7.04. The van der Waals surface area contributed by atoms with Crippen molar-refractivity contribution in [2.75, 3.05) is 34.4 Å². The maximum atomic E-state index is 12.8. The van der Waals surface area contributed by atoms with Crippen LogP contribution in [0.25, 0.3) is 0 Å². The van der Waals surface area contributed by atoms with Gasteiger partial charge < -0.3 is 24.2 Å². The number of carboxylic acid groups (broad SMARTS) is 1. The zero-order valence-corrected chi connectivity index (χ0v) is 15.4. The minimum Gasteiger partial charge on any atom is -0.493 e. The van der Waals surface area contributed by atoms with Gasteiger partial charge in [0, 0.05) is 13.1 Å². The maximum Gasteiger partial charge on any atom is 0.311 e. The van der Waals surface area contributed by atoms with Crippen LogP contribution in [0.2, 0.25) is 0 Å². The summed E-state index contributed by atoms with van der Waals surface area (Å²) in [6.07, 6.45) is 2.62. The molecule has 1 N–H and O–H groups in total. The van der Waals surface area contributed by atoms with Crippen LogP contribution < -0.4 is 14.2 Å². The van der Waals surface area contributed by atoms with Crippen molar-refractivity contribution in [1.29, 1.82) is 0 Å². The Balaban J connectivity index is 1.78. The molecule has 2 aliphatic rings. The highest BCUT2D eigenvalue weighted by atomic mass is 16.5. The molecule has 1 aromatic carbocycles. The molecule has 0 aromatic heterocycles. The van der Waals surface area contributed by atoms with Gasteiger partial charge in [-0.15, -0.1) is 0 Å². The molecule has 0 unspecified atom stereocenters. The first-order chi connectivity index (χ1) is 12.4. The molecule has 7 heteroatoms. The molecule has 1 amide bonds. The van der Waals surface area contributed by atoms with Crippen LogP contribution in [0.5, 0.6) is 17.2 Å². The average molecular weight is 363 g/mol. The van der Waals surface area contributed by atoms with Crippen LogP contribution in [-0.4, -0.2) is 56.3 Å². The average Bonchev–Trinajstić information content (AvgIpc) is 3.19. The molecule has 0 spiro atoms. The number of aliphatic carboxylic acids is 1. The highest BCUT2D eigenvalue weighted by Gasteiger charge is 2.55. The number of carbonyl (C=O) groups excluding carboxylic acids is 1. The second kappa shape index (κ2) is 7.05. The van der Waals surface area contributed by atoms with Crippen molar-refractivity contribution in [2.24, 2.45) is 11.3 Å². The van der Waals surface area contributed by atoms with E-state index in [2.05, 4.69) is 0 Å². The first-order valence-electron chi connectivity index (χ1n) is 8.75. The first-order valence-corrected chi connectivity index (χ1v) is 8.75. The largest absolute Gasteiger partial charge is 0.493 e. The van der Waals surface area contributed by atoms with Gasteiger partial charge in [0.1, 0.15) is 0 Å². The molecule has 2 atom stereocenters. The Morgan fingerprint density at radius 3 is 2.35 bits per heavy atom. The lowest BCUT2D eigenvalue weighted by atomic mass is 9.81. The highest BCUT2D eigenvalue weighted by molar-refractivity contribution is 5.83. The Bertz CT molecular complexity index is 693. The van der Waals surface area contributed by atoms with Crippen LogP contribution >= 0.6 is 0 Å². The Morgan fingerprint density at radius 1 is 1.19 bits per heavy atom. The molecule has 1 heterocycles. The molecule has 1 saturated carbocycles. The van der Waals surface area contributed by atoms with Crippen molar-refractivity contribution in [2.45, 2.75) is 25.7 Å². The number of likely N-dealkylation sites (tertiary alicyclic amines) is 1. The monoisotopic (exact) mass is 363 g/mol. The Labute approximate surface area is 152 Å². The summed E-state index contributed by atoms with van der Waals surface area (Å²) in [7, 11) is 4.59. The summed E-state index contributed by atoms with van der Waals surface area (Å²) in [4.78, 5) is 26.3. The molecular formula is C19H25NO6. The van der Waals surface area contributed by atoms with Crippen molar-refractivity contribution >= 4 is 11.9 Å². The van der Waals surface area contributed by atoms with E-state index in [1.54, 1.807) is 17.0 Å². The van der Waals surface area contributed by atoms with Crippen LogP contribution in [0.15, 0.2) is 12.1 Å². The number of hydrogen-bond acceptors (Lipinski definition) is 5. The van der Waals surface area contributed by atoms with E-state index in [9.17, 15) is 14.7 Å². The fourth-order valence-corrected chi connectivity index (χ4v) is 4.35. The number of carboxylic acids is 1. The van der Waals surface area contributed by atoms with E-state index >= 15 is 0 Å². The van der Waals surface area contributed by atoms with Crippen LogP contribution in [0.1, 0.15) is 24.8 Å². The molecule has 2 fully saturated rings. The van der Waals surface area contributed by atoms with Crippen LogP contribution in [0.3, 0.4) is 0 Å². The predicted octanol–water partition coefficient (Wildman–Crippen LogP) is 1.97. The third kappa shape index (κ3) is 2.95. The number of ether oxygens (including phenoxy) is 3. The predicted molar refractivity (Wildman–Crippen MR) is 93.8 cm³/mol. The lowest BCUT2D eigenvalue weighted by Gasteiger charge is -2.23. The van der Waals surface area contributed by atoms with Gasteiger partial charge in [0.05, 0.1) is 33.2 Å². The summed E-state index contributed by atoms with van der Waals surface area (Å²) >= 11 is 0. The fraction of sp³-hybridized carbons (Fsp3) is 0.579. The van der Waals surface area contributed by atoms with Crippen molar-refractivity contribution < 1.29 is 28.9 Å². The van der Waals surface area contributed by atoms with E-state index in [1.165, 1.54) is 21.3 Å². The Hall–Kier alpha value is -2.44. The SMILES string of the molecule is COc1cc(CC(=O)N2C[C@@H]3CCC[C@@]3(C(=O)O)C2)cc(OC)c1OC. The van der Waals surface area contributed by atoms with E-state index < -0.39 is 11.4 Å². The minimum absolute atomic E-state index is 0.0592. The third-order valence-corrected chi connectivity index (χ3v) is 5.73. The van der Waals surface area contributed by atoms with Gasteiger partial charge in [-0.2, -0.15) is 0 Å². The number of benzene rings is 1. The highest BCUT2D eigenvalue weighted by Crippen LogP contribution is 2.49. The molecule has 1 saturated heterocycles. The molecule has 26 heavy (non-hydrogen) atoms. The Kier molecular flexibility index (Phi) is 4.98. The third-order valence-electron chi connectivity index (χ3n) is 5.73. The van der Waals surface area contributed by atoms with E-state index in [1.807, 2.05) is 0 Å². The molecular weight excluding hydrogens is 338 g/mol. The van der Waals surface area contributed by atoms with Crippen molar-refractivity contribution in [3.05, 3.63) is 17.7 Å². The number of carbonyl (C=O) groups is 2. The van der Waals surface area contributed by atoms with E-state index in [-0.39, 0.29) is 18.2 Å². The fourth-order valence-electron chi connectivity index (χ4n) is 4.35. The van der Waals surface area contributed by atoms with Gasteiger partial charge in [0.15, 0.2) is 11.5 Å². The van der Waals surface area contributed by atoms with Crippen molar-refractivity contribution in [1.82, 2.24) is 4.90 Å². The number of rotatable bonds is 6. The normalized spacial score (nSPS) is 24.3. The number of fused-ring (bicyclic) bond motifs is 1. The van der Waals surface area contributed by atoms with Crippen LogP contribution in [0.4, 0.5) is 0 Å². The first kappa shape index (κ1) is 18.4. The number of nitrogens with zero attached hydrogens (tertiary/aromatic N) is 1. The van der Waals surface area contributed by atoms with Gasteiger partial charge in [0.2, 0.25) is 11.7 Å². The van der Waals surface area contributed by atoms with E-state index in [0.717, 1.165) is 18.4 Å². The smallest absolute Gasteiger partial charge is 0.311 e. The summed E-state index contributed by atoms with van der Waals surface area (Å²) in [5.74, 6) is 0.679. The molecule has 1 aliphatic heterocycles. The van der Waals surface area contributed by atoms with Gasteiger partial charge >= 0.3 is 5.97 Å². The molecule has 1 aromatic rings. The summed E-state index contributed by atoms with van der Waals surface area (Å²) in [6, 6.07) is 3.51. The van der Waals surface area contributed by atoms with Gasteiger partial charge in [-0.3, -0.25) is 9.59 Å². The number of amides is 1. The van der Waals surface area contributed by atoms with Gasteiger partial charge in [-0.1, -0.05) is 6.42 Å². The molecule has 0 bridgehead atoms.